The zero-order valence-corrected chi connectivity index (χ0v) is 19.5. The number of carbonyl (C=O) groups is 1. The van der Waals surface area contributed by atoms with Gasteiger partial charge in [0.1, 0.15) is 5.82 Å². The monoisotopic (exact) mass is 466 g/mol. The van der Waals surface area contributed by atoms with E-state index in [9.17, 15) is 9.18 Å². The molecule has 2 heterocycles. The van der Waals surface area contributed by atoms with Crippen LogP contribution in [0.3, 0.4) is 0 Å². The Morgan fingerprint density at radius 2 is 1.59 bits per heavy atom. The molecule has 0 unspecified atom stereocenters. The maximum absolute atomic E-state index is 13.9. The second-order valence-corrected chi connectivity index (χ2v) is 7.83. The fraction of sp³-hybridized carbons (Fsp3) is 0.320. The first-order valence-corrected chi connectivity index (χ1v) is 10.9. The normalized spacial score (nSPS) is 13.5. The van der Waals surface area contributed by atoms with Gasteiger partial charge in [0, 0.05) is 31.7 Å². The molecule has 0 spiro atoms. The summed E-state index contributed by atoms with van der Waals surface area (Å²) >= 11 is 0. The number of ether oxygens (including phenoxy) is 3. The summed E-state index contributed by atoms with van der Waals surface area (Å²) in [7, 11) is 4.69. The molecule has 1 aliphatic rings. The first kappa shape index (κ1) is 23.3. The fourth-order valence-electron chi connectivity index (χ4n) is 3.98. The Morgan fingerprint density at radius 3 is 2.15 bits per heavy atom. The van der Waals surface area contributed by atoms with Crippen LogP contribution in [0.2, 0.25) is 0 Å². The quantitative estimate of drug-likeness (QED) is 0.529. The molecular weight excluding hydrogens is 439 g/mol. The molecule has 3 aromatic rings. The van der Waals surface area contributed by atoms with E-state index in [1.54, 1.807) is 44.4 Å². The molecule has 1 saturated heterocycles. The van der Waals surface area contributed by atoms with Gasteiger partial charge >= 0.3 is 0 Å². The molecular formula is C25H27FN4O4. The summed E-state index contributed by atoms with van der Waals surface area (Å²) in [5.41, 5.74) is 1.88. The summed E-state index contributed by atoms with van der Waals surface area (Å²) < 4.78 is 30.1. The highest BCUT2D eigenvalue weighted by molar-refractivity contribution is 5.79. The van der Waals surface area contributed by atoms with Crippen LogP contribution in [0.5, 0.6) is 17.2 Å². The standard InChI is InChI=1S/C25H27FN4O4/c1-32-21-14-18(15-22(33-2)25(21)34-3)20-8-9-23(28-27-20)29-10-12-30(13-11-29)24(31)16-17-6-4-5-7-19(17)26/h4-9,14-15H,10-13,16H2,1-3H3. The van der Waals surface area contributed by atoms with Crippen molar-refractivity contribution in [1.29, 1.82) is 0 Å². The highest BCUT2D eigenvalue weighted by atomic mass is 19.1. The summed E-state index contributed by atoms with van der Waals surface area (Å²) in [5, 5.41) is 8.78. The van der Waals surface area contributed by atoms with Gasteiger partial charge in [0.05, 0.1) is 33.4 Å². The van der Waals surface area contributed by atoms with Gasteiger partial charge in [0.15, 0.2) is 17.3 Å². The third-order valence-electron chi connectivity index (χ3n) is 5.87. The Labute approximate surface area is 197 Å². The van der Waals surface area contributed by atoms with E-state index in [0.29, 0.717) is 54.7 Å². The lowest BCUT2D eigenvalue weighted by Crippen LogP contribution is -2.49. The molecule has 1 aromatic heterocycles. The largest absolute Gasteiger partial charge is 0.493 e. The first-order valence-electron chi connectivity index (χ1n) is 10.9. The van der Waals surface area contributed by atoms with E-state index in [1.807, 2.05) is 24.3 Å². The van der Waals surface area contributed by atoms with Crippen molar-refractivity contribution in [1.82, 2.24) is 15.1 Å². The van der Waals surface area contributed by atoms with Gasteiger partial charge in [-0.1, -0.05) is 18.2 Å². The summed E-state index contributed by atoms with van der Waals surface area (Å²) in [4.78, 5) is 16.4. The highest BCUT2D eigenvalue weighted by Crippen LogP contribution is 2.40. The van der Waals surface area contributed by atoms with E-state index in [-0.39, 0.29) is 18.1 Å². The van der Waals surface area contributed by atoms with Gasteiger partial charge in [-0.05, 0) is 35.9 Å². The number of amides is 1. The Morgan fingerprint density at radius 1 is 0.912 bits per heavy atom. The number of methoxy groups -OCH3 is 3. The smallest absolute Gasteiger partial charge is 0.227 e. The Bertz CT molecular complexity index is 1120. The average molecular weight is 467 g/mol. The number of piperazine rings is 1. The molecule has 0 saturated carbocycles. The third kappa shape index (κ3) is 4.88. The van der Waals surface area contributed by atoms with Crippen molar-refractivity contribution < 1.29 is 23.4 Å². The van der Waals surface area contributed by atoms with Crippen LogP contribution in [-0.2, 0) is 11.2 Å². The summed E-state index contributed by atoms with van der Waals surface area (Å²) in [6.45, 7) is 2.34. The van der Waals surface area contributed by atoms with Crippen molar-refractivity contribution in [3.8, 4) is 28.5 Å². The van der Waals surface area contributed by atoms with Gasteiger partial charge in [-0.25, -0.2) is 4.39 Å². The summed E-state index contributed by atoms with van der Waals surface area (Å²) in [5.74, 6) is 1.90. The van der Waals surface area contributed by atoms with E-state index in [2.05, 4.69) is 15.1 Å². The van der Waals surface area contributed by atoms with Gasteiger partial charge in [-0.2, -0.15) is 0 Å². The Kier molecular flexibility index (Phi) is 7.10. The fourth-order valence-corrected chi connectivity index (χ4v) is 3.98. The van der Waals surface area contributed by atoms with Crippen LogP contribution in [0.25, 0.3) is 11.3 Å². The predicted octanol–water partition coefficient (Wildman–Crippen LogP) is 3.20. The van der Waals surface area contributed by atoms with Crippen LogP contribution in [-0.4, -0.2) is 68.5 Å². The summed E-state index contributed by atoms with van der Waals surface area (Å²) in [6.07, 6.45) is 0.0654. The predicted molar refractivity (Wildman–Crippen MR) is 126 cm³/mol. The molecule has 2 aromatic carbocycles. The van der Waals surface area contributed by atoms with Crippen molar-refractivity contribution in [3.63, 3.8) is 0 Å². The second-order valence-electron chi connectivity index (χ2n) is 7.83. The number of nitrogens with zero attached hydrogens (tertiary/aromatic N) is 4. The second kappa shape index (κ2) is 10.4. The molecule has 0 radical (unpaired) electrons. The lowest BCUT2D eigenvalue weighted by Gasteiger charge is -2.35. The zero-order valence-electron chi connectivity index (χ0n) is 19.5. The van der Waals surface area contributed by atoms with Crippen LogP contribution in [0, 0.1) is 5.82 Å². The van der Waals surface area contributed by atoms with E-state index < -0.39 is 0 Å². The number of benzene rings is 2. The van der Waals surface area contributed by atoms with Gasteiger partial charge in [0.25, 0.3) is 0 Å². The molecule has 1 amide bonds. The Balaban J connectivity index is 1.41. The molecule has 1 aliphatic heterocycles. The molecule has 178 valence electrons. The minimum atomic E-state index is -0.350. The van der Waals surface area contributed by atoms with Gasteiger partial charge in [0.2, 0.25) is 11.7 Å². The number of hydrogen-bond donors (Lipinski definition) is 0. The molecule has 0 aliphatic carbocycles. The van der Waals surface area contributed by atoms with Crippen molar-refractivity contribution >= 4 is 11.7 Å². The molecule has 0 atom stereocenters. The molecule has 8 nitrogen and oxygen atoms in total. The maximum Gasteiger partial charge on any atom is 0.227 e. The number of anilines is 1. The van der Waals surface area contributed by atoms with Crippen LogP contribution in [0.1, 0.15) is 5.56 Å². The summed E-state index contributed by atoms with van der Waals surface area (Å²) in [6, 6.07) is 13.8. The van der Waals surface area contributed by atoms with Gasteiger partial charge in [-0.15, -0.1) is 10.2 Å². The average Bonchev–Trinajstić information content (AvgIpc) is 2.89. The van der Waals surface area contributed by atoms with Crippen LogP contribution in [0.4, 0.5) is 10.2 Å². The molecule has 4 rings (SSSR count). The number of rotatable bonds is 7. The van der Waals surface area contributed by atoms with Crippen LogP contribution < -0.4 is 19.1 Å². The lowest BCUT2D eigenvalue weighted by atomic mass is 10.1. The highest BCUT2D eigenvalue weighted by Gasteiger charge is 2.23. The lowest BCUT2D eigenvalue weighted by molar-refractivity contribution is -0.130. The van der Waals surface area contributed by atoms with Gasteiger partial charge < -0.3 is 24.0 Å². The van der Waals surface area contributed by atoms with E-state index in [0.717, 1.165) is 11.4 Å². The van der Waals surface area contributed by atoms with Crippen LogP contribution in [0.15, 0.2) is 48.5 Å². The SMILES string of the molecule is COc1cc(-c2ccc(N3CCN(C(=O)Cc4ccccc4F)CC3)nn2)cc(OC)c1OC. The first-order chi connectivity index (χ1) is 16.5. The zero-order chi connectivity index (χ0) is 24.1. The molecule has 1 fully saturated rings. The van der Waals surface area contributed by atoms with Crippen LogP contribution >= 0.6 is 0 Å². The Hall–Kier alpha value is -3.88. The molecule has 9 heteroatoms. The number of aromatic nitrogens is 2. The van der Waals surface area contributed by atoms with Crippen molar-refractivity contribution in [2.24, 2.45) is 0 Å². The molecule has 0 N–H and O–H groups in total. The number of halogens is 1. The molecule has 0 bridgehead atoms. The van der Waals surface area contributed by atoms with Crippen molar-refractivity contribution in [2.75, 3.05) is 52.4 Å². The minimum absolute atomic E-state index is 0.0654. The van der Waals surface area contributed by atoms with Gasteiger partial charge in [-0.3, -0.25) is 4.79 Å². The van der Waals surface area contributed by atoms with Crippen molar-refractivity contribution in [2.45, 2.75) is 6.42 Å². The van der Waals surface area contributed by atoms with Crippen molar-refractivity contribution in [3.05, 3.63) is 59.9 Å². The minimum Gasteiger partial charge on any atom is -0.493 e. The van der Waals surface area contributed by atoms with E-state index in [4.69, 9.17) is 14.2 Å². The number of carbonyl (C=O) groups excluding carboxylic acids is 1. The third-order valence-corrected chi connectivity index (χ3v) is 5.87. The number of hydrogen-bond acceptors (Lipinski definition) is 7. The topological polar surface area (TPSA) is 77.0 Å². The molecule has 34 heavy (non-hydrogen) atoms. The van der Waals surface area contributed by atoms with E-state index in [1.165, 1.54) is 6.07 Å². The maximum atomic E-state index is 13.9. The van der Waals surface area contributed by atoms with E-state index >= 15 is 0 Å².